The van der Waals surface area contributed by atoms with E-state index in [0.717, 1.165) is 18.9 Å². The summed E-state index contributed by atoms with van der Waals surface area (Å²) in [5.74, 6) is 1.18. The number of nitrogen functional groups attached to an aromatic ring is 1. The molecule has 18 heavy (non-hydrogen) atoms. The standard InChI is InChI=1S/C12H22N4O2/c1-3-17-7-5-16(6-8-18-4-2)12-10-14-9-11(13)15-12/h9-10H,3-8H2,1-2H3,(H2,13,15). The fourth-order valence-electron chi connectivity index (χ4n) is 1.50. The van der Waals surface area contributed by atoms with E-state index in [1.54, 1.807) is 6.20 Å². The molecule has 6 heteroatoms. The first-order valence-corrected chi connectivity index (χ1v) is 6.25. The zero-order valence-electron chi connectivity index (χ0n) is 11.1. The summed E-state index contributed by atoms with van der Waals surface area (Å²) < 4.78 is 10.7. The number of rotatable bonds is 9. The van der Waals surface area contributed by atoms with Crippen LogP contribution in [0.15, 0.2) is 12.4 Å². The van der Waals surface area contributed by atoms with Crippen molar-refractivity contribution in [1.82, 2.24) is 9.97 Å². The minimum Gasteiger partial charge on any atom is -0.382 e. The van der Waals surface area contributed by atoms with Gasteiger partial charge in [-0.2, -0.15) is 0 Å². The van der Waals surface area contributed by atoms with Crippen LogP contribution in [0.25, 0.3) is 0 Å². The minimum atomic E-state index is 0.422. The van der Waals surface area contributed by atoms with Crippen molar-refractivity contribution in [2.75, 3.05) is 50.2 Å². The summed E-state index contributed by atoms with van der Waals surface area (Å²) in [6, 6.07) is 0. The number of hydrogen-bond donors (Lipinski definition) is 1. The molecule has 2 N–H and O–H groups in total. The van der Waals surface area contributed by atoms with Crippen LogP contribution >= 0.6 is 0 Å². The molecule has 0 aliphatic carbocycles. The van der Waals surface area contributed by atoms with Crippen molar-refractivity contribution < 1.29 is 9.47 Å². The molecule has 1 aromatic heterocycles. The highest BCUT2D eigenvalue weighted by molar-refractivity contribution is 5.41. The Bertz CT molecular complexity index is 326. The number of aromatic nitrogens is 2. The maximum absolute atomic E-state index is 5.64. The first-order valence-electron chi connectivity index (χ1n) is 6.25. The molecule has 0 saturated carbocycles. The number of nitrogens with two attached hydrogens (primary N) is 1. The Labute approximate surface area is 108 Å². The minimum absolute atomic E-state index is 0.422. The van der Waals surface area contributed by atoms with Crippen molar-refractivity contribution in [3.05, 3.63) is 12.4 Å². The van der Waals surface area contributed by atoms with Crippen LogP contribution in [0.4, 0.5) is 11.6 Å². The SMILES string of the molecule is CCOCCN(CCOCC)c1cncc(N)n1. The molecule has 0 aliphatic rings. The highest BCUT2D eigenvalue weighted by Crippen LogP contribution is 2.10. The van der Waals surface area contributed by atoms with Crippen LogP contribution in [0.5, 0.6) is 0 Å². The quantitative estimate of drug-likeness (QED) is 0.661. The summed E-state index contributed by atoms with van der Waals surface area (Å²) >= 11 is 0. The molecule has 102 valence electrons. The Balaban J connectivity index is 2.57. The van der Waals surface area contributed by atoms with Gasteiger partial charge in [-0.05, 0) is 13.8 Å². The summed E-state index contributed by atoms with van der Waals surface area (Å²) in [7, 11) is 0. The molecule has 0 amide bonds. The fourth-order valence-corrected chi connectivity index (χ4v) is 1.50. The van der Waals surface area contributed by atoms with Gasteiger partial charge in [0.25, 0.3) is 0 Å². The maximum atomic E-state index is 5.64. The van der Waals surface area contributed by atoms with Gasteiger partial charge in [0.05, 0.1) is 25.6 Å². The second-order valence-electron chi connectivity index (χ2n) is 3.68. The van der Waals surface area contributed by atoms with E-state index < -0.39 is 0 Å². The Morgan fingerprint density at radius 3 is 2.22 bits per heavy atom. The molecular formula is C12H22N4O2. The lowest BCUT2D eigenvalue weighted by Gasteiger charge is -2.23. The number of anilines is 2. The van der Waals surface area contributed by atoms with E-state index in [0.29, 0.717) is 32.2 Å². The van der Waals surface area contributed by atoms with Crippen molar-refractivity contribution >= 4 is 11.6 Å². The van der Waals surface area contributed by atoms with E-state index >= 15 is 0 Å². The highest BCUT2D eigenvalue weighted by atomic mass is 16.5. The topological polar surface area (TPSA) is 73.5 Å². The lowest BCUT2D eigenvalue weighted by atomic mass is 10.4. The molecule has 0 bridgehead atoms. The monoisotopic (exact) mass is 254 g/mol. The fraction of sp³-hybridized carbons (Fsp3) is 0.667. The molecule has 0 saturated heterocycles. The van der Waals surface area contributed by atoms with Gasteiger partial charge in [0.15, 0.2) is 0 Å². The number of ether oxygens (including phenoxy) is 2. The zero-order valence-corrected chi connectivity index (χ0v) is 11.1. The second-order valence-corrected chi connectivity index (χ2v) is 3.68. The van der Waals surface area contributed by atoms with Gasteiger partial charge in [-0.1, -0.05) is 0 Å². The van der Waals surface area contributed by atoms with Crippen LogP contribution in [0.3, 0.4) is 0 Å². The summed E-state index contributed by atoms with van der Waals surface area (Å²) in [6.45, 7) is 8.18. The Morgan fingerprint density at radius 2 is 1.72 bits per heavy atom. The van der Waals surface area contributed by atoms with E-state index in [1.807, 2.05) is 13.8 Å². The van der Waals surface area contributed by atoms with Crippen molar-refractivity contribution in [2.24, 2.45) is 0 Å². The number of hydrogen-bond acceptors (Lipinski definition) is 6. The second kappa shape index (κ2) is 8.66. The number of nitrogens with zero attached hydrogens (tertiary/aromatic N) is 3. The predicted molar refractivity (Wildman–Crippen MR) is 71.6 cm³/mol. The first kappa shape index (κ1) is 14.7. The van der Waals surface area contributed by atoms with Gasteiger partial charge in [-0.15, -0.1) is 0 Å². The van der Waals surface area contributed by atoms with Gasteiger partial charge in [0, 0.05) is 26.3 Å². The Hall–Kier alpha value is -1.40. The van der Waals surface area contributed by atoms with Crippen molar-refractivity contribution in [3.63, 3.8) is 0 Å². The van der Waals surface area contributed by atoms with Gasteiger partial charge >= 0.3 is 0 Å². The lowest BCUT2D eigenvalue weighted by molar-refractivity contribution is 0.141. The first-order chi connectivity index (χ1) is 8.77. The molecule has 0 atom stereocenters. The van der Waals surface area contributed by atoms with E-state index in [-0.39, 0.29) is 0 Å². The Kier molecular flexibility index (Phi) is 7.05. The molecule has 1 aromatic rings. The van der Waals surface area contributed by atoms with Crippen LogP contribution in [-0.2, 0) is 9.47 Å². The van der Waals surface area contributed by atoms with Crippen molar-refractivity contribution in [1.29, 1.82) is 0 Å². The third kappa shape index (κ3) is 5.29. The van der Waals surface area contributed by atoms with Gasteiger partial charge in [0.2, 0.25) is 0 Å². The lowest BCUT2D eigenvalue weighted by Crippen LogP contribution is -2.32. The van der Waals surface area contributed by atoms with Gasteiger partial charge in [-0.3, -0.25) is 4.98 Å². The molecule has 1 rings (SSSR count). The molecule has 6 nitrogen and oxygen atoms in total. The van der Waals surface area contributed by atoms with Crippen LogP contribution in [-0.4, -0.2) is 49.5 Å². The Morgan fingerprint density at radius 1 is 1.11 bits per heavy atom. The summed E-state index contributed by atoms with van der Waals surface area (Å²) in [4.78, 5) is 10.4. The maximum Gasteiger partial charge on any atom is 0.149 e. The van der Waals surface area contributed by atoms with Gasteiger partial charge < -0.3 is 20.1 Å². The van der Waals surface area contributed by atoms with Crippen LogP contribution < -0.4 is 10.6 Å². The van der Waals surface area contributed by atoms with E-state index in [1.165, 1.54) is 6.20 Å². The molecule has 0 fully saturated rings. The molecule has 0 spiro atoms. The van der Waals surface area contributed by atoms with E-state index in [9.17, 15) is 0 Å². The average molecular weight is 254 g/mol. The van der Waals surface area contributed by atoms with Crippen molar-refractivity contribution in [3.8, 4) is 0 Å². The summed E-state index contributed by atoms with van der Waals surface area (Å²) in [6.07, 6.45) is 3.24. The highest BCUT2D eigenvalue weighted by Gasteiger charge is 2.08. The smallest absolute Gasteiger partial charge is 0.149 e. The zero-order chi connectivity index (χ0) is 13.2. The molecule has 0 unspecified atom stereocenters. The summed E-state index contributed by atoms with van der Waals surface area (Å²) in [5.41, 5.74) is 5.64. The average Bonchev–Trinajstić information content (AvgIpc) is 2.37. The predicted octanol–water partition coefficient (Wildman–Crippen LogP) is 0.938. The largest absolute Gasteiger partial charge is 0.382 e. The van der Waals surface area contributed by atoms with E-state index in [2.05, 4.69) is 14.9 Å². The third-order valence-corrected chi connectivity index (χ3v) is 2.38. The third-order valence-electron chi connectivity index (χ3n) is 2.38. The van der Waals surface area contributed by atoms with Crippen LogP contribution in [0.2, 0.25) is 0 Å². The van der Waals surface area contributed by atoms with Crippen molar-refractivity contribution in [2.45, 2.75) is 13.8 Å². The van der Waals surface area contributed by atoms with Crippen LogP contribution in [0.1, 0.15) is 13.8 Å². The molecule has 0 aliphatic heterocycles. The van der Waals surface area contributed by atoms with E-state index in [4.69, 9.17) is 15.2 Å². The van der Waals surface area contributed by atoms with Crippen LogP contribution in [0, 0.1) is 0 Å². The summed E-state index contributed by atoms with van der Waals surface area (Å²) in [5, 5.41) is 0. The molecule has 0 radical (unpaired) electrons. The molecular weight excluding hydrogens is 232 g/mol. The normalized spacial score (nSPS) is 10.6. The molecule has 0 aromatic carbocycles. The van der Waals surface area contributed by atoms with Gasteiger partial charge in [0.1, 0.15) is 11.6 Å². The van der Waals surface area contributed by atoms with Gasteiger partial charge in [-0.25, -0.2) is 4.98 Å². The molecule has 1 heterocycles.